The highest BCUT2D eigenvalue weighted by atomic mass is 16.5. The van der Waals surface area contributed by atoms with E-state index < -0.39 is 29.1 Å². The monoisotopic (exact) mass is 518 g/mol. The highest BCUT2D eigenvalue weighted by Gasteiger charge is 2.77. The van der Waals surface area contributed by atoms with Crippen molar-refractivity contribution in [1.82, 2.24) is 9.88 Å². The van der Waals surface area contributed by atoms with Crippen LogP contribution in [0.3, 0.4) is 0 Å². The van der Waals surface area contributed by atoms with Gasteiger partial charge in [0.25, 0.3) is 0 Å². The van der Waals surface area contributed by atoms with Crippen LogP contribution in [0, 0.1) is 5.92 Å². The minimum absolute atomic E-state index is 0.0205. The largest absolute Gasteiger partial charge is 0.481 e. The number of pyridine rings is 1. The fourth-order valence-corrected chi connectivity index (χ4v) is 6.40. The van der Waals surface area contributed by atoms with Crippen molar-refractivity contribution in [3.63, 3.8) is 0 Å². The van der Waals surface area contributed by atoms with Crippen LogP contribution >= 0.6 is 0 Å². The fourth-order valence-electron chi connectivity index (χ4n) is 6.40. The summed E-state index contributed by atoms with van der Waals surface area (Å²) in [6.45, 7) is 2.31. The first kappa shape index (κ1) is 26.2. The van der Waals surface area contributed by atoms with Crippen LogP contribution in [0.5, 0.6) is 17.5 Å². The van der Waals surface area contributed by atoms with E-state index in [0.29, 0.717) is 29.8 Å². The summed E-state index contributed by atoms with van der Waals surface area (Å²) in [7, 11) is 6.83. The molecule has 3 aromatic rings. The zero-order valence-electron chi connectivity index (χ0n) is 22.3. The third-order valence-electron chi connectivity index (χ3n) is 7.94. The zero-order valence-corrected chi connectivity index (χ0v) is 22.3. The summed E-state index contributed by atoms with van der Waals surface area (Å²) in [5.41, 5.74) is -0.971. The molecular formula is C30H34N2O6. The van der Waals surface area contributed by atoms with Crippen LogP contribution in [0.2, 0.25) is 0 Å². The number of ether oxygens (including phenoxy) is 3. The number of nitrogens with zero attached hydrogens (tertiary/aromatic N) is 2. The van der Waals surface area contributed by atoms with Gasteiger partial charge in [0.2, 0.25) is 11.8 Å². The molecule has 0 unspecified atom stereocenters. The average molecular weight is 519 g/mol. The molecule has 0 spiro atoms. The lowest BCUT2D eigenvalue weighted by molar-refractivity contribution is -0.152. The summed E-state index contributed by atoms with van der Waals surface area (Å²) < 4.78 is 17.9. The fraction of sp³-hybridized carbons (Fsp3) is 0.400. The lowest BCUT2D eigenvalue weighted by Gasteiger charge is -2.41. The van der Waals surface area contributed by atoms with Gasteiger partial charge in [0.1, 0.15) is 5.75 Å². The van der Waals surface area contributed by atoms with E-state index in [4.69, 9.17) is 14.2 Å². The Balaban J connectivity index is 1.84. The maximum absolute atomic E-state index is 12.8. The van der Waals surface area contributed by atoms with E-state index in [1.807, 2.05) is 68.4 Å². The van der Waals surface area contributed by atoms with Gasteiger partial charge in [-0.25, -0.2) is 0 Å². The quantitative estimate of drug-likeness (QED) is 0.437. The maximum atomic E-state index is 12.8. The summed E-state index contributed by atoms with van der Waals surface area (Å²) in [5.74, 6) is -0.159. The third kappa shape index (κ3) is 3.62. The Kier molecular flexibility index (Phi) is 6.67. The van der Waals surface area contributed by atoms with Gasteiger partial charge in [0.15, 0.2) is 17.0 Å². The molecule has 5 rings (SSSR count). The molecule has 8 nitrogen and oxygen atoms in total. The molecule has 0 radical (unpaired) electrons. The van der Waals surface area contributed by atoms with Gasteiger partial charge >= 0.3 is 0 Å². The number of ketones is 1. The van der Waals surface area contributed by atoms with E-state index >= 15 is 0 Å². The Morgan fingerprint density at radius 2 is 1.76 bits per heavy atom. The number of hydrogen-bond donors (Lipinski definition) is 2. The molecule has 0 saturated heterocycles. The predicted octanol–water partition coefficient (Wildman–Crippen LogP) is 3.50. The Morgan fingerprint density at radius 3 is 2.34 bits per heavy atom. The van der Waals surface area contributed by atoms with Crippen molar-refractivity contribution < 1.29 is 29.2 Å². The van der Waals surface area contributed by atoms with Gasteiger partial charge < -0.3 is 29.3 Å². The molecular weight excluding hydrogens is 484 g/mol. The van der Waals surface area contributed by atoms with E-state index in [1.165, 1.54) is 14.2 Å². The van der Waals surface area contributed by atoms with Crippen molar-refractivity contribution in [3.05, 3.63) is 82.9 Å². The standard InChI is InChI=1S/C30H34N2O6/c1-6-22(33)18-12-14-20(15-13-18)30-25(19-10-8-7-9-11-19)21(17-32(2)3)27(34)29(30,35)26-23(38-30)16-24(36-4)31-28(26)37-5/h7-16,21,25,27,34-35H,6,17H2,1-5H3/t21-,25-,27-,29+,30+/m1/s1. The number of fused-ring (bicyclic) bond motifs is 3. The van der Waals surface area contributed by atoms with Gasteiger partial charge in [-0.2, -0.15) is 4.98 Å². The van der Waals surface area contributed by atoms with Crippen LogP contribution in [-0.2, 0) is 11.2 Å². The van der Waals surface area contributed by atoms with Gasteiger partial charge in [0.05, 0.1) is 25.9 Å². The molecule has 2 N–H and O–H groups in total. The minimum Gasteiger partial charge on any atom is -0.481 e. The van der Waals surface area contributed by atoms with Crippen molar-refractivity contribution in [2.75, 3.05) is 34.9 Å². The number of carbonyl (C=O) groups is 1. The van der Waals surface area contributed by atoms with Gasteiger partial charge in [-0.3, -0.25) is 4.79 Å². The first-order valence-electron chi connectivity index (χ1n) is 12.8. The second-order valence-corrected chi connectivity index (χ2v) is 10.3. The SMILES string of the molecule is CCC(=O)c1ccc([C@@]23Oc4cc(OC)nc(OC)c4[C@]2(O)[C@H](O)[C@H](CN(C)C)[C@H]3c2ccccc2)cc1. The van der Waals surface area contributed by atoms with E-state index in [2.05, 4.69) is 4.98 Å². The molecule has 5 atom stereocenters. The van der Waals surface area contributed by atoms with Crippen molar-refractivity contribution in [2.45, 2.75) is 36.6 Å². The van der Waals surface area contributed by atoms with Crippen LogP contribution in [0.15, 0.2) is 60.7 Å². The summed E-state index contributed by atoms with van der Waals surface area (Å²) >= 11 is 0. The summed E-state index contributed by atoms with van der Waals surface area (Å²) in [4.78, 5) is 18.8. The normalized spacial score (nSPS) is 27.5. The Morgan fingerprint density at radius 1 is 1.08 bits per heavy atom. The molecule has 1 aliphatic carbocycles. The highest BCUT2D eigenvalue weighted by molar-refractivity contribution is 5.95. The molecule has 1 aliphatic heterocycles. The molecule has 0 amide bonds. The lowest BCUT2D eigenvalue weighted by atomic mass is 9.70. The Labute approximate surface area is 222 Å². The molecule has 2 heterocycles. The van der Waals surface area contributed by atoms with Crippen molar-refractivity contribution >= 4 is 5.78 Å². The number of hydrogen-bond acceptors (Lipinski definition) is 8. The van der Waals surface area contributed by atoms with E-state index in [1.54, 1.807) is 18.2 Å². The lowest BCUT2D eigenvalue weighted by Crippen LogP contribution is -2.52. The molecule has 0 bridgehead atoms. The van der Waals surface area contributed by atoms with Crippen LogP contribution in [0.1, 0.15) is 46.3 Å². The van der Waals surface area contributed by atoms with Crippen LogP contribution in [-0.4, -0.2) is 66.8 Å². The number of aliphatic hydroxyl groups is 2. The van der Waals surface area contributed by atoms with Crippen molar-refractivity contribution in [2.24, 2.45) is 5.92 Å². The molecule has 200 valence electrons. The third-order valence-corrected chi connectivity index (χ3v) is 7.94. The van der Waals surface area contributed by atoms with Gasteiger partial charge in [-0.05, 0) is 25.2 Å². The Hall–Kier alpha value is -3.46. The molecule has 1 fully saturated rings. The number of Topliss-reactive ketones (excluding diaryl/α,β-unsaturated/α-hetero) is 1. The van der Waals surface area contributed by atoms with Crippen molar-refractivity contribution in [3.8, 4) is 17.5 Å². The average Bonchev–Trinajstić information content (AvgIpc) is 3.30. The smallest absolute Gasteiger partial charge is 0.226 e. The number of methoxy groups -OCH3 is 2. The molecule has 2 aromatic carbocycles. The first-order valence-corrected chi connectivity index (χ1v) is 12.8. The predicted molar refractivity (Wildman–Crippen MR) is 142 cm³/mol. The molecule has 1 aromatic heterocycles. The zero-order chi connectivity index (χ0) is 27.2. The minimum atomic E-state index is -1.93. The van der Waals surface area contributed by atoms with Gasteiger partial charge in [0, 0.05) is 36.4 Å². The van der Waals surface area contributed by atoms with Crippen molar-refractivity contribution in [1.29, 1.82) is 0 Å². The topological polar surface area (TPSA) is 101 Å². The second kappa shape index (κ2) is 9.69. The molecule has 8 heteroatoms. The van der Waals surface area contributed by atoms with E-state index in [9.17, 15) is 15.0 Å². The number of aliphatic hydroxyl groups excluding tert-OH is 1. The van der Waals surface area contributed by atoms with Gasteiger partial charge in [-0.1, -0.05) is 61.5 Å². The van der Waals surface area contributed by atoms with Crippen LogP contribution < -0.4 is 14.2 Å². The Bertz CT molecular complexity index is 1330. The number of carbonyl (C=O) groups excluding carboxylic acids is 1. The van der Waals surface area contributed by atoms with E-state index in [0.717, 1.165) is 5.56 Å². The highest BCUT2D eigenvalue weighted by Crippen LogP contribution is 2.69. The van der Waals surface area contributed by atoms with Crippen LogP contribution in [0.4, 0.5) is 0 Å². The second-order valence-electron chi connectivity index (χ2n) is 10.3. The maximum Gasteiger partial charge on any atom is 0.226 e. The summed E-state index contributed by atoms with van der Waals surface area (Å²) in [6.07, 6.45) is -0.854. The number of benzene rings is 2. The van der Waals surface area contributed by atoms with E-state index in [-0.39, 0.29) is 23.1 Å². The molecule has 2 aliphatic rings. The molecule has 38 heavy (non-hydrogen) atoms. The van der Waals surface area contributed by atoms with Gasteiger partial charge in [-0.15, -0.1) is 0 Å². The summed E-state index contributed by atoms with van der Waals surface area (Å²) in [6, 6.07) is 18.6. The molecule has 1 saturated carbocycles. The first-order chi connectivity index (χ1) is 18.2. The summed E-state index contributed by atoms with van der Waals surface area (Å²) in [5, 5.41) is 24.9. The number of rotatable bonds is 8. The number of aromatic nitrogens is 1. The van der Waals surface area contributed by atoms with Crippen LogP contribution in [0.25, 0.3) is 0 Å².